The Bertz CT molecular complexity index is 814. The fourth-order valence-corrected chi connectivity index (χ4v) is 4.14. The van der Waals surface area contributed by atoms with Crippen LogP contribution in [0.3, 0.4) is 0 Å². The standard InChI is InChI=1S/C18H21Cl2N5O/c19-14-1-2-15(20)13(9-14)10-17(26)24-6-3-12(4-7-24)18-23-22-16-11-21-5-8-25(16)18/h1-2,9,12,21H,3-8,10-11H2. The lowest BCUT2D eigenvalue weighted by Crippen LogP contribution is -2.39. The van der Waals surface area contributed by atoms with Gasteiger partial charge in [0.25, 0.3) is 0 Å². The normalized spacial score (nSPS) is 18.0. The van der Waals surface area contributed by atoms with Crippen LogP contribution in [0.2, 0.25) is 10.0 Å². The number of amides is 1. The molecule has 2 aliphatic rings. The third-order valence-corrected chi connectivity index (χ3v) is 5.82. The van der Waals surface area contributed by atoms with Crippen molar-refractivity contribution in [3.8, 4) is 0 Å². The summed E-state index contributed by atoms with van der Waals surface area (Å²) in [6, 6.07) is 5.24. The molecule has 0 bridgehead atoms. The van der Waals surface area contributed by atoms with Gasteiger partial charge in [-0.15, -0.1) is 10.2 Å². The molecule has 4 rings (SSSR count). The predicted octanol–water partition coefficient (Wildman–Crippen LogP) is 2.64. The summed E-state index contributed by atoms with van der Waals surface area (Å²) in [6.07, 6.45) is 2.12. The maximum Gasteiger partial charge on any atom is 0.227 e. The summed E-state index contributed by atoms with van der Waals surface area (Å²) in [5.41, 5.74) is 0.783. The summed E-state index contributed by atoms with van der Waals surface area (Å²) < 4.78 is 2.24. The molecular formula is C18H21Cl2N5O. The lowest BCUT2D eigenvalue weighted by Gasteiger charge is -2.32. The summed E-state index contributed by atoms with van der Waals surface area (Å²) in [4.78, 5) is 14.6. The summed E-state index contributed by atoms with van der Waals surface area (Å²) in [6.45, 7) is 4.13. The summed E-state index contributed by atoms with van der Waals surface area (Å²) in [5, 5.41) is 13.2. The van der Waals surface area contributed by atoms with Gasteiger partial charge in [-0.05, 0) is 36.6 Å². The molecule has 138 valence electrons. The third kappa shape index (κ3) is 3.59. The molecular weight excluding hydrogens is 373 g/mol. The molecule has 1 N–H and O–H groups in total. The summed E-state index contributed by atoms with van der Waals surface area (Å²) in [5.74, 6) is 2.56. The van der Waals surface area contributed by atoms with E-state index in [1.807, 2.05) is 4.90 Å². The molecule has 3 heterocycles. The van der Waals surface area contributed by atoms with Crippen molar-refractivity contribution in [2.75, 3.05) is 19.6 Å². The number of hydrogen-bond donors (Lipinski definition) is 1. The zero-order chi connectivity index (χ0) is 18.1. The molecule has 0 saturated carbocycles. The first-order valence-electron chi connectivity index (χ1n) is 8.96. The molecule has 26 heavy (non-hydrogen) atoms. The minimum absolute atomic E-state index is 0.0973. The van der Waals surface area contributed by atoms with Crippen LogP contribution in [0.4, 0.5) is 0 Å². The number of fused-ring (bicyclic) bond motifs is 1. The zero-order valence-corrected chi connectivity index (χ0v) is 15.9. The molecule has 1 fully saturated rings. The van der Waals surface area contributed by atoms with Crippen LogP contribution in [0.5, 0.6) is 0 Å². The van der Waals surface area contributed by atoms with Gasteiger partial charge in [-0.3, -0.25) is 4.79 Å². The summed E-state index contributed by atoms with van der Waals surface area (Å²) >= 11 is 12.2. The van der Waals surface area contributed by atoms with Crippen LogP contribution in [0.1, 0.15) is 36.0 Å². The second kappa shape index (κ2) is 7.55. The van der Waals surface area contributed by atoms with Crippen LogP contribution in [-0.4, -0.2) is 45.2 Å². The van der Waals surface area contributed by atoms with E-state index in [9.17, 15) is 4.79 Å². The van der Waals surface area contributed by atoms with Gasteiger partial charge in [-0.2, -0.15) is 0 Å². The maximum atomic E-state index is 12.6. The SMILES string of the molecule is O=C(Cc1cc(Cl)ccc1Cl)N1CCC(c2nnc3n2CCNC3)CC1. The molecule has 1 aromatic carbocycles. The van der Waals surface area contributed by atoms with Gasteiger partial charge in [0.1, 0.15) is 11.6 Å². The van der Waals surface area contributed by atoms with E-state index in [-0.39, 0.29) is 12.3 Å². The number of nitrogens with one attached hydrogen (secondary N) is 1. The van der Waals surface area contributed by atoms with Crippen molar-refractivity contribution in [3.63, 3.8) is 0 Å². The molecule has 6 nitrogen and oxygen atoms in total. The van der Waals surface area contributed by atoms with E-state index in [1.165, 1.54) is 0 Å². The molecule has 1 saturated heterocycles. The lowest BCUT2D eigenvalue weighted by atomic mass is 9.95. The first-order valence-corrected chi connectivity index (χ1v) is 9.72. The number of benzene rings is 1. The Balaban J connectivity index is 1.38. The van der Waals surface area contributed by atoms with Crippen molar-refractivity contribution in [1.29, 1.82) is 0 Å². The molecule has 2 aromatic rings. The quantitative estimate of drug-likeness (QED) is 0.870. The second-order valence-electron chi connectivity index (χ2n) is 6.87. The Hall–Kier alpha value is -1.63. The van der Waals surface area contributed by atoms with Crippen molar-refractivity contribution >= 4 is 29.1 Å². The summed E-state index contributed by atoms with van der Waals surface area (Å²) in [7, 11) is 0. The number of hydrogen-bond acceptors (Lipinski definition) is 4. The van der Waals surface area contributed by atoms with Crippen molar-refractivity contribution < 1.29 is 4.79 Å². The average Bonchev–Trinajstić information content (AvgIpc) is 3.09. The van der Waals surface area contributed by atoms with Gasteiger partial charge in [0.15, 0.2) is 0 Å². The van der Waals surface area contributed by atoms with E-state index in [2.05, 4.69) is 20.1 Å². The first-order chi connectivity index (χ1) is 12.6. The van der Waals surface area contributed by atoms with Gasteiger partial charge in [-0.25, -0.2) is 0 Å². The van der Waals surface area contributed by atoms with Crippen molar-refractivity contribution in [2.24, 2.45) is 0 Å². The minimum Gasteiger partial charge on any atom is -0.342 e. The van der Waals surface area contributed by atoms with Crippen LogP contribution >= 0.6 is 23.2 Å². The van der Waals surface area contributed by atoms with Gasteiger partial charge in [0, 0.05) is 42.1 Å². The van der Waals surface area contributed by atoms with Gasteiger partial charge in [0.05, 0.1) is 13.0 Å². The van der Waals surface area contributed by atoms with Gasteiger partial charge >= 0.3 is 0 Å². The maximum absolute atomic E-state index is 12.6. The number of likely N-dealkylation sites (tertiary alicyclic amines) is 1. The van der Waals surface area contributed by atoms with Crippen molar-refractivity contribution in [2.45, 2.75) is 38.3 Å². The largest absolute Gasteiger partial charge is 0.342 e. The highest BCUT2D eigenvalue weighted by Gasteiger charge is 2.28. The van der Waals surface area contributed by atoms with Crippen LogP contribution in [0.15, 0.2) is 18.2 Å². The Labute approximate surface area is 162 Å². The number of rotatable bonds is 3. The minimum atomic E-state index is 0.0973. The molecule has 0 spiro atoms. The molecule has 0 unspecified atom stereocenters. The highest BCUT2D eigenvalue weighted by atomic mass is 35.5. The Morgan fingerprint density at radius 1 is 1.19 bits per heavy atom. The monoisotopic (exact) mass is 393 g/mol. The number of carbonyl (C=O) groups is 1. The third-order valence-electron chi connectivity index (χ3n) is 5.21. The molecule has 2 aliphatic heterocycles. The van der Waals surface area contributed by atoms with E-state index < -0.39 is 0 Å². The molecule has 8 heteroatoms. The Morgan fingerprint density at radius 2 is 2.00 bits per heavy atom. The highest BCUT2D eigenvalue weighted by molar-refractivity contribution is 6.33. The molecule has 1 aromatic heterocycles. The number of piperidine rings is 1. The molecule has 0 radical (unpaired) electrons. The molecule has 0 aliphatic carbocycles. The fraction of sp³-hybridized carbons (Fsp3) is 0.500. The van der Waals surface area contributed by atoms with Crippen LogP contribution in [0, 0.1) is 0 Å². The number of nitrogens with zero attached hydrogens (tertiary/aromatic N) is 4. The number of halogens is 2. The van der Waals surface area contributed by atoms with E-state index in [4.69, 9.17) is 23.2 Å². The van der Waals surface area contributed by atoms with E-state index >= 15 is 0 Å². The topological polar surface area (TPSA) is 63.1 Å². The predicted molar refractivity (Wildman–Crippen MR) is 100 cm³/mol. The van der Waals surface area contributed by atoms with E-state index in [0.29, 0.717) is 16.0 Å². The first kappa shape index (κ1) is 17.8. The molecule has 1 amide bonds. The van der Waals surface area contributed by atoms with Crippen molar-refractivity contribution in [3.05, 3.63) is 45.5 Å². The Kier molecular flexibility index (Phi) is 5.16. The molecule has 0 atom stereocenters. The van der Waals surface area contributed by atoms with Gasteiger partial charge < -0.3 is 14.8 Å². The number of aromatic nitrogens is 3. The van der Waals surface area contributed by atoms with Crippen LogP contribution < -0.4 is 5.32 Å². The zero-order valence-electron chi connectivity index (χ0n) is 14.4. The van der Waals surface area contributed by atoms with Crippen LogP contribution in [-0.2, 0) is 24.3 Å². The van der Waals surface area contributed by atoms with Crippen LogP contribution in [0.25, 0.3) is 0 Å². The highest BCUT2D eigenvalue weighted by Crippen LogP contribution is 2.29. The fourth-order valence-electron chi connectivity index (χ4n) is 3.76. The van der Waals surface area contributed by atoms with Gasteiger partial charge in [0.2, 0.25) is 5.91 Å². The number of carbonyl (C=O) groups excluding carboxylic acids is 1. The smallest absolute Gasteiger partial charge is 0.227 e. The Morgan fingerprint density at radius 3 is 2.81 bits per heavy atom. The van der Waals surface area contributed by atoms with Crippen molar-refractivity contribution in [1.82, 2.24) is 25.0 Å². The average molecular weight is 394 g/mol. The van der Waals surface area contributed by atoms with E-state index in [0.717, 1.165) is 62.8 Å². The van der Waals surface area contributed by atoms with E-state index in [1.54, 1.807) is 18.2 Å². The second-order valence-corrected chi connectivity index (χ2v) is 7.71. The lowest BCUT2D eigenvalue weighted by molar-refractivity contribution is -0.131. The van der Waals surface area contributed by atoms with Gasteiger partial charge in [-0.1, -0.05) is 23.2 Å².